The van der Waals surface area contributed by atoms with E-state index in [1.54, 1.807) is 6.08 Å². The molecule has 1 saturated carbocycles. The van der Waals surface area contributed by atoms with E-state index >= 15 is 0 Å². The molecule has 1 aliphatic heterocycles. The second-order valence-corrected chi connectivity index (χ2v) is 11.3. The van der Waals surface area contributed by atoms with Crippen molar-refractivity contribution in [2.24, 2.45) is 5.92 Å². The number of amides is 1. The number of likely N-dealkylation sites (N-methyl/N-ethyl adjacent to an activating group) is 1. The first-order chi connectivity index (χ1) is 20.8. The molecule has 43 heavy (non-hydrogen) atoms. The van der Waals surface area contributed by atoms with Crippen LogP contribution in [0.1, 0.15) is 70.2 Å². The average Bonchev–Trinajstić information content (AvgIpc) is 3.77. The maximum absolute atomic E-state index is 11.8. The lowest BCUT2D eigenvalue weighted by Crippen LogP contribution is -2.27. The molecule has 1 amide bonds. The number of aromatic nitrogens is 2. The number of nitrogens with zero attached hydrogens (tertiary/aromatic N) is 4. The van der Waals surface area contributed by atoms with Crippen molar-refractivity contribution in [2.45, 2.75) is 66.3 Å². The van der Waals surface area contributed by atoms with E-state index in [0.29, 0.717) is 11.7 Å². The van der Waals surface area contributed by atoms with Crippen LogP contribution in [-0.4, -0.2) is 58.4 Å². The zero-order valence-electron chi connectivity index (χ0n) is 26.8. The number of hydrogen-bond acceptors (Lipinski definition) is 6. The lowest BCUT2D eigenvalue weighted by molar-refractivity contribution is -0.125. The molecule has 1 saturated heterocycles. The third-order valence-electron chi connectivity index (χ3n) is 7.33. The normalized spacial score (nSPS) is 16.4. The monoisotopic (exact) mass is 583 g/mol. The highest BCUT2D eigenvalue weighted by molar-refractivity contribution is 5.87. The van der Waals surface area contributed by atoms with Crippen LogP contribution in [0.5, 0.6) is 11.5 Å². The van der Waals surface area contributed by atoms with Gasteiger partial charge in [0.25, 0.3) is 0 Å². The van der Waals surface area contributed by atoms with Gasteiger partial charge in [-0.1, -0.05) is 69.7 Å². The van der Waals surface area contributed by atoms with E-state index in [0.717, 1.165) is 66.0 Å². The van der Waals surface area contributed by atoms with Gasteiger partial charge in [0.05, 0.1) is 5.69 Å². The Labute approximate surface area is 258 Å². The van der Waals surface area contributed by atoms with Gasteiger partial charge in [-0.2, -0.15) is 0 Å². The first-order valence-corrected chi connectivity index (χ1v) is 15.5. The number of ether oxygens (including phenoxy) is 1. The molecule has 1 aromatic heterocycles. The highest BCUT2D eigenvalue weighted by Crippen LogP contribution is 2.30. The van der Waals surface area contributed by atoms with Crippen LogP contribution in [-0.2, 0) is 4.79 Å². The molecular formula is C36H49N5O2. The predicted octanol–water partition coefficient (Wildman–Crippen LogP) is 7.53. The SMILES string of the molecule is C/C=C(/c1ccc(Oc2ccccc2)cc1)c1c(C)ncnc1N.CCC.C[C@@H]1CCN(C(=O)/C=C/CN(C)C2CC2)C1. The van der Waals surface area contributed by atoms with Gasteiger partial charge in [0.1, 0.15) is 23.6 Å². The Balaban J connectivity index is 0.000000230. The number of allylic oxidation sites excluding steroid dienone is 1. The maximum atomic E-state index is 11.8. The van der Waals surface area contributed by atoms with Gasteiger partial charge in [-0.05, 0) is 81.5 Å². The van der Waals surface area contributed by atoms with E-state index < -0.39 is 0 Å². The first kappa shape index (κ1) is 33.5. The van der Waals surface area contributed by atoms with Crippen molar-refractivity contribution in [1.82, 2.24) is 19.8 Å². The summed E-state index contributed by atoms with van der Waals surface area (Å²) < 4.78 is 5.83. The topological polar surface area (TPSA) is 84.6 Å². The molecule has 2 aromatic carbocycles. The lowest BCUT2D eigenvalue weighted by Gasteiger charge is -2.14. The minimum absolute atomic E-state index is 0.188. The van der Waals surface area contributed by atoms with Crippen molar-refractivity contribution < 1.29 is 9.53 Å². The van der Waals surface area contributed by atoms with E-state index in [-0.39, 0.29) is 5.91 Å². The van der Waals surface area contributed by atoms with Gasteiger partial charge in [0.15, 0.2) is 0 Å². The number of carbonyl (C=O) groups is 1. The zero-order chi connectivity index (χ0) is 31.2. The van der Waals surface area contributed by atoms with Crippen molar-refractivity contribution in [3.8, 4) is 11.5 Å². The summed E-state index contributed by atoms with van der Waals surface area (Å²) in [6, 6.07) is 18.4. The number of nitrogens with two attached hydrogens (primary N) is 1. The molecule has 1 aliphatic carbocycles. The molecule has 2 aliphatic rings. The van der Waals surface area contributed by atoms with E-state index in [1.807, 2.05) is 85.5 Å². The minimum atomic E-state index is 0.188. The number of hydrogen-bond donors (Lipinski definition) is 1. The van der Waals surface area contributed by atoms with Gasteiger partial charge in [-0.25, -0.2) is 9.97 Å². The van der Waals surface area contributed by atoms with E-state index in [4.69, 9.17) is 10.5 Å². The van der Waals surface area contributed by atoms with Gasteiger partial charge in [0, 0.05) is 37.3 Å². The Hall–Kier alpha value is -3.97. The molecule has 3 aromatic rings. The standard InChI is InChI=1S/C20H19N3O.C13H22N2O.C3H8/c1-3-18(19-14(2)22-13-23-20(19)21)15-9-11-17(12-10-15)24-16-7-5-4-6-8-16;1-11-7-9-15(10-11)13(16)4-3-8-14(2)12-5-6-12;1-3-2/h3-13H,1-2H3,(H2,21,22,23);3-4,11-12H,5-10H2,1-2H3;3H2,1-2H3/b18-3-;4-3+;/t;11-;/m.1./s1. The number of benzene rings is 2. The van der Waals surface area contributed by atoms with Crippen LogP contribution >= 0.6 is 0 Å². The summed E-state index contributed by atoms with van der Waals surface area (Å²) in [5.41, 5.74) is 9.84. The summed E-state index contributed by atoms with van der Waals surface area (Å²) in [6.45, 7) is 13.1. The highest BCUT2D eigenvalue weighted by atomic mass is 16.5. The first-order valence-electron chi connectivity index (χ1n) is 15.5. The third-order valence-corrected chi connectivity index (χ3v) is 7.33. The molecular weight excluding hydrogens is 534 g/mol. The molecule has 5 rings (SSSR count). The van der Waals surface area contributed by atoms with Gasteiger partial charge < -0.3 is 15.4 Å². The number of anilines is 1. The van der Waals surface area contributed by atoms with Crippen LogP contribution in [0, 0.1) is 12.8 Å². The molecule has 0 bridgehead atoms. The summed E-state index contributed by atoms with van der Waals surface area (Å²) >= 11 is 0. The second-order valence-electron chi connectivity index (χ2n) is 11.3. The fraction of sp³-hybridized carbons (Fsp3) is 0.417. The van der Waals surface area contributed by atoms with Crippen molar-refractivity contribution >= 4 is 17.3 Å². The smallest absolute Gasteiger partial charge is 0.246 e. The number of para-hydroxylation sites is 1. The van der Waals surface area contributed by atoms with Crippen molar-refractivity contribution in [3.63, 3.8) is 0 Å². The summed E-state index contributed by atoms with van der Waals surface area (Å²) in [4.78, 5) is 24.4. The Morgan fingerprint density at radius 1 is 1.05 bits per heavy atom. The molecule has 0 unspecified atom stereocenters. The molecule has 230 valence electrons. The second kappa shape index (κ2) is 17.2. The Morgan fingerprint density at radius 3 is 2.26 bits per heavy atom. The Bertz CT molecular complexity index is 1310. The van der Waals surface area contributed by atoms with Crippen LogP contribution in [0.2, 0.25) is 0 Å². The number of rotatable bonds is 8. The van der Waals surface area contributed by atoms with Crippen molar-refractivity contribution in [2.75, 3.05) is 32.4 Å². The van der Waals surface area contributed by atoms with Gasteiger partial charge in [-0.3, -0.25) is 9.69 Å². The Morgan fingerprint density at radius 2 is 1.70 bits per heavy atom. The van der Waals surface area contributed by atoms with Gasteiger partial charge >= 0.3 is 0 Å². The Kier molecular flexibility index (Phi) is 13.4. The van der Waals surface area contributed by atoms with E-state index in [1.165, 1.54) is 25.6 Å². The molecule has 2 fully saturated rings. The number of nitrogen functional groups attached to an aromatic ring is 1. The average molecular weight is 584 g/mol. The largest absolute Gasteiger partial charge is 0.457 e. The number of likely N-dealkylation sites (tertiary alicyclic amines) is 1. The van der Waals surface area contributed by atoms with Crippen LogP contribution in [0.4, 0.5) is 5.82 Å². The van der Waals surface area contributed by atoms with Crippen LogP contribution in [0.25, 0.3) is 5.57 Å². The molecule has 7 heteroatoms. The van der Waals surface area contributed by atoms with Gasteiger partial charge in [-0.15, -0.1) is 0 Å². The van der Waals surface area contributed by atoms with E-state index in [2.05, 4.69) is 42.7 Å². The molecule has 0 spiro atoms. The summed E-state index contributed by atoms with van der Waals surface area (Å²) in [5, 5.41) is 0. The lowest BCUT2D eigenvalue weighted by atomic mass is 9.97. The quantitative estimate of drug-likeness (QED) is 0.276. The van der Waals surface area contributed by atoms with Crippen LogP contribution in [0.3, 0.4) is 0 Å². The van der Waals surface area contributed by atoms with Crippen LogP contribution in [0.15, 0.2) is 79.2 Å². The number of carbonyl (C=O) groups excluding carboxylic acids is 1. The molecule has 7 nitrogen and oxygen atoms in total. The third kappa shape index (κ3) is 10.7. The fourth-order valence-corrected chi connectivity index (χ4v) is 4.83. The minimum Gasteiger partial charge on any atom is -0.457 e. The zero-order valence-corrected chi connectivity index (χ0v) is 26.8. The van der Waals surface area contributed by atoms with Crippen molar-refractivity contribution in [1.29, 1.82) is 0 Å². The molecule has 2 heterocycles. The summed E-state index contributed by atoms with van der Waals surface area (Å²) in [5.74, 6) is 2.95. The summed E-state index contributed by atoms with van der Waals surface area (Å²) in [7, 11) is 2.13. The highest BCUT2D eigenvalue weighted by Gasteiger charge is 2.25. The fourth-order valence-electron chi connectivity index (χ4n) is 4.83. The van der Waals surface area contributed by atoms with E-state index in [9.17, 15) is 4.79 Å². The molecule has 0 radical (unpaired) electrons. The van der Waals surface area contributed by atoms with Crippen molar-refractivity contribution in [3.05, 3.63) is 96.0 Å². The molecule has 2 N–H and O–H groups in total. The maximum Gasteiger partial charge on any atom is 0.246 e. The van der Waals surface area contributed by atoms with Crippen LogP contribution < -0.4 is 10.5 Å². The predicted molar refractivity (Wildman–Crippen MR) is 178 cm³/mol. The summed E-state index contributed by atoms with van der Waals surface area (Å²) in [6.07, 6.45) is 12.3. The van der Waals surface area contributed by atoms with Gasteiger partial charge in [0.2, 0.25) is 5.91 Å². The number of aryl methyl sites for hydroxylation is 1. The molecule has 1 atom stereocenters.